The van der Waals surface area contributed by atoms with Gasteiger partial charge in [-0.2, -0.15) is 0 Å². The van der Waals surface area contributed by atoms with E-state index >= 15 is 0 Å². The quantitative estimate of drug-likeness (QED) is 0.561. The standard InChI is InChI=1S/C24H25N3O3S/c1-2-30-24(29)18-12-14-27(15-13-18)21-11-7-6-10-19(21)25-22(28)20-16-31-23(26-20)17-8-4-3-5-9-17/h3-11,16,18H,2,12-15H2,1H3,(H,25,28). The molecule has 6 nitrogen and oxygen atoms in total. The van der Waals surface area contributed by atoms with Gasteiger partial charge >= 0.3 is 5.97 Å². The van der Waals surface area contributed by atoms with E-state index in [0.717, 1.165) is 47.9 Å². The van der Waals surface area contributed by atoms with Crippen molar-refractivity contribution < 1.29 is 14.3 Å². The summed E-state index contributed by atoms with van der Waals surface area (Å²) in [4.78, 5) is 31.6. The zero-order valence-electron chi connectivity index (χ0n) is 17.4. The summed E-state index contributed by atoms with van der Waals surface area (Å²) < 4.78 is 5.16. The fourth-order valence-electron chi connectivity index (χ4n) is 3.75. The number of benzene rings is 2. The molecule has 0 spiro atoms. The van der Waals surface area contributed by atoms with Crippen LogP contribution in [0.1, 0.15) is 30.3 Å². The van der Waals surface area contributed by atoms with Crippen molar-refractivity contribution in [2.75, 3.05) is 29.9 Å². The molecule has 0 radical (unpaired) electrons. The van der Waals surface area contributed by atoms with Crippen LogP contribution < -0.4 is 10.2 Å². The van der Waals surface area contributed by atoms with Crippen molar-refractivity contribution in [1.29, 1.82) is 0 Å². The van der Waals surface area contributed by atoms with E-state index in [0.29, 0.717) is 12.3 Å². The molecule has 1 N–H and O–H groups in total. The average molecular weight is 436 g/mol. The van der Waals surface area contributed by atoms with Crippen molar-refractivity contribution in [2.24, 2.45) is 5.92 Å². The molecule has 2 aromatic carbocycles. The summed E-state index contributed by atoms with van der Waals surface area (Å²) in [6.07, 6.45) is 1.49. The number of thiazole rings is 1. The minimum Gasteiger partial charge on any atom is -0.466 e. The third-order valence-electron chi connectivity index (χ3n) is 5.37. The number of aromatic nitrogens is 1. The molecule has 1 saturated heterocycles. The zero-order valence-corrected chi connectivity index (χ0v) is 18.2. The first-order valence-corrected chi connectivity index (χ1v) is 11.4. The maximum Gasteiger partial charge on any atom is 0.309 e. The molecule has 7 heteroatoms. The molecule has 160 valence electrons. The van der Waals surface area contributed by atoms with Crippen LogP contribution in [0.2, 0.25) is 0 Å². The Kier molecular flexibility index (Phi) is 6.62. The lowest BCUT2D eigenvalue weighted by molar-refractivity contribution is -0.148. The minimum absolute atomic E-state index is 0.0515. The van der Waals surface area contributed by atoms with Crippen LogP contribution in [0.15, 0.2) is 60.0 Å². The van der Waals surface area contributed by atoms with Crippen LogP contribution in [0.25, 0.3) is 10.6 Å². The molecular formula is C24H25N3O3S. The summed E-state index contributed by atoms with van der Waals surface area (Å²) in [6.45, 7) is 3.73. The lowest BCUT2D eigenvalue weighted by atomic mass is 9.96. The first-order valence-electron chi connectivity index (χ1n) is 10.5. The van der Waals surface area contributed by atoms with E-state index in [1.165, 1.54) is 11.3 Å². The van der Waals surface area contributed by atoms with Crippen LogP contribution in [-0.4, -0.2) is 36.6 Å². The second kappa shape index (κ2) is 9.75. The van der Waals surface area contributed by atoms with Gasteiger partial charge in [0, 0.05) is 24.0 Å². The van der Waals surface area contributed by atoms with E-state index in [1.54, 1.807) is 5.38 Å². The summed E-state index contributed by atoms with van der Waals surface area (Å²) in [7, 11) is 0. The van der Waals surface area contributed by atoms with Gasteiger partial charge in [-0.25, -0.2) is 4.98 Å². The number of anilines is 2. The number of nitrogens with one attached hydrogen (secondary N) is 1. The molecule has 2 heterocycles. The number of rotatable bonds is 6. The Morgan fingerprint density at radius 2 is 1.81 bits per heavy atom. The van der Waals surface area contributed by atoms with Gasteiger partial charge in [0.25, 0.3) is 5.91 Å². The smallest absolute Gasteiger partial charge is 0.309 e. The Morgan fingerprint density at radius 3 is 2.55 bits per heavy atom. The van der Waals surface area contributed by atoms with Gasteiger partial charge in [-0.1, -0.05) is 42.5 Å². The number of amides is 1. The Morgan fingerprint density at radius 1 is 1.10 bits per heavy atom. The van der Waals surface area contributed by atoms with Gasteiger partial charge in [0.1, 0.15) is 10.7 Å². The lowest BCUT2D eigenvalue weighted by Crippen LogP contribution is -2.37. The lowest BCUT2D eigenvalue weighted by Gasteiger charge is -2.33. The first-order chi connectivity index (χ1) is 15.2. The molecule has 3 aromatic rings. The number of piperidine rings is 1. The summed E-state index contributed by atoms with van der Waals surface area (Å²) in [5, 5.41) is 5.62. The molecule has 0 saturated carbocycles. The third kappa shape index (κ3) is 4.94. The van der Waals surface area contributed by atoms with Gasteiger partial charge in [0.15, 0.2) is 0 Å². The van der Waals surface area contributed by atoms with Gasteiger partial charge in [-0.05, 0) is 31.9 Å². The topological polar surface area (TPSA) is 71.5 Å². The molecule has 0 bridgehead atoms. The molecule has 0 unspecified atom stereocenters. The van der Waals surface area contributed by atoms with E-state index < -0.39 is 0 Å². The molecule has 4 rings (SSSR count). The summed E-state index contributed by atoms with van der Waals surface area (Å²) in [5.41, 5.74) is 3.10. The highest BCUT2D eigenvalue weighted by atomic mass is 32.1. The monoisotopic (exact) mass is 435 g/mol. The predicted octanol–water partition coefficient (Wildman–Crippen LogP) is 4.84. The van der Waals surface area contributed by atoms with E-state index in [1.807, 2.05) is 61.5 Å². The molecule has 1 aliphatic heterocycles. The minimum atomic E-state index is -0.229. The first kappa shape index (κ1) is 21.1. The summed E-state index contributed by atoms with van der Waals surface area (Å²) >= 11 is 1.45. The molecule has 0 atom stereocenters. The van der Waals surface area contributed by atoms with E-state index in [4.69, 9.17) is 4.74 Å². The summed E-state index contributed by atoms with van der Waals surface area (Å²) in [6, 6.07) is 17.6. The second-order valence-corrected chi connectivity index (χ2v) is 8.25. The van der Waals surface area contributed by atoms with Gasteiger partial charge in [0.2, 0.25) is 0 Å². The van der Waals surface area contributed by atoms with Crippen LogP contribution in [0, 0.1) is 5.92 Å². The van der Waals surface area contributed by atoms with Crippen LogP contribution >= 0.6 is 11.3 Å². The average Bonchev–Trinajstić information content (AvgIpc) is 3.31. The largest absolute Gasteiger partial charge is 0.466 e. The van der Waals surface area contributed by atoms with E-state index in [-0.39, 0.29) is 17.8 Å². The Bertz CT molecular complexity index is 1040. The number of carbonyl (C=O) groups excluding carboxylic acids is 2. The SMILES string of the molecule is CCOC(=O)C1CCN(c2ccccc2NC(=O)c2csc(-c3ccccc3)n2)CC1. The van der Waals surface area contributed by atoms with E-state index in [9.17, 15) is 9.59 Å². The second-order valence-electron chi connectivity index (χ2n) is 7.39. The number of hydrogen-bond donors (Lipinski definition) is 1. The maximum atomic E-state index is 12.9. The third-order valence-corrected chi connectivity index (χ3v) is 6.26. The molecule has 1 aliphatic rings. The molecule has 1 aromatic heterocycles. The molecule has 0 aliphatic carbocycles. The van der Waals surface area contributed by atoms with Gasteiger partial charge < -0.3 is 15.0 Å². The molecular weight excluding hydrogens is 410 g/mol. The fourth-order valence-corrected chi connectivity index (χ4v) is 4.56. The molecule has 1 fully saturated rings. The normalized spacial score (nSPS) is 14.3. The van der Waals surface area contributed by atoms with Crippen molar-refractivity contribution in [1.82, 2.24) is 4.98 Å². The fraction of sp³-hybridized carbons (Fsp3) is 0.292. The van der Waals surface area contributed by atoms with Gasteiger partial charge in [0.05, 0.1) is 23.9 Å². The zero-order chi connectivity index (χ0) is 21.6. The van der Waals surface area contributed by atoms with Crippen molar-refractivity contribution in [3.8, 4) is 10.6 Å². The van der Waals surface area contributed by atoms with Crippen LogP contribution in [0.5, 0.6) is 0 Å². The van der Waals surface area contributed by atoms with Gasteiger partial charge in [-0.15, -0.1) is 11.3 Å². The van der Waals surface area contributed by atoms with Crippen LogP contribution in [0.4, 0.5) is 11.4 Å². The van der Waals surface area contributed by atoms with Crippen molar-refractivity contribution in [3.05, 3.63) is 65.7 Å². The van der Waals surface area contributed by atoms with Gasteiger partial charge in [-0.3, -0.25) is 9.59 Å². The highest BCUT2D eigenvalue weighted by Crippen LogP contribution is 2.31. The maximum absolute atomic E-state index is 12.9. The number of esters is 1. The van der Waals surface area contributed by atoms with E-state index in [2.05, 4.69) is 15.2 Å². The van der Waals surface area contributed by atoms with Crippen LogP contribution in [0.3, 0.4) is 0 Å². The number of hydrogen-bond acceptors (Lipinski definition) is 6. The number of ether oxygens (including phenoxy) is 1. The molecule has 1 amide bonds. The number of carbonyl (C=O) groups is 2. The summed E-state index contributed by atoms with van der Waals surface area (Å²) in [5.74, 6) is -0.391. The van der Waals surface area contributed by atoms with Crippen molar-refractivity contribution >= 4 is 34.6 Å². The number of para-hydroxylation sites is 2. The van der Waals surface area contributed by atoms with Crippen LogP contribution in [-0.2, 0) is 9.53 Å². The Balaban J connectivity index is 1.44. The molecule has 31 heavy (non-hydrogen) atoms. The van der Waals surface area contributed by atoms with Crippen molar-refractivity contribution in [3.63, 3.8) is 0 Å². The Labute approximate surface area is 185 Å². The highest BCUT2D eigenvalue weighted by molar-refractivity contribution is 7.13. The van der Waals surface area contributed by atoms with Crippen molar-refractivity contribution in [2.45, 2.75) is 19.8 Å². The Hall–Kier alpha value is -3.19. The number of nitrogens with zero attached hydrogens (tertiary/aromatic N) is 2. The predicted molar refractivity (Wildman–Crippen MR) is 124 cm³/mol. The highest BCUT2D eigenvalue weighted by Gasteiger charge is 2.27.